The van der Waals surface area contributed by atoms with Gasteiger partial charge in [-0.15, -0.1) is 0 Å². The van der Waals surface area contributed by atoms with Crippen LogP contribution < -0.4 is 26.2 Å². The Morgan fingerprint density at radius 2 is 2.08 bits per heavy atom. The van der Waals surface area contributed by atoms with Crippen LogP contribution in [0.2, 0.25) is 7.06 Å². The molecule has 0 bridgehead atoms. The Bertz CT molecular complexity index is 2830. The number of nitrogens with two attached hydrogens (primary N) is 2. The molecule has 1 aromatic carbocycles. The summed E-state index contributed by atoms with van der Waals surface area (Å²) in [5.41, 5.74) is -11.9. The van der Waals surface area contributed by atoms with E-state index in [1.54, 1.807) is 0 Å². The Morgan fingerprint density at radius 1 is 1.23 bits per heavy atom. The Labute approximate surface area is 310 Å². The van der Waals surface area contributed by atoms with Gasteiger partial charge in [0.15, 0.2) is 15.7 Å². The lowest BCUT2D eigenvalue weighted by molar-refractivity contribution is -0.130. The van der Waals surface area contributed by atoms with Crippen molar-refractivity contribution in [3.8, 4) is 11.5 Å². The third kappa shape index (κ3) is 11.7. The van der Waals surface area contributed by atoms with E-state index in [2.05, 4.69) is 14.6 Å². The summed E-state index contributed by atoms with van der Waals surface area (Å²) >= 11 is 0. The third-order valence-electron chi connectivity index (χ3n) is 3.46. The number of rotatable bonds is 21. The average Bonchev–Trinajstić information content (AvgIpc) is 0.657. The Hall–Kier alpha value is -2.36. The maximum absolute atomic E-state index is 15.2. The van der Waals surface area contributed by atoms with Gasteiger partial charge < -0.3 is 36.1 Å². The first-order chi connectivity index (χ1) is 39.4. The zero-order valence-corrected chi connectivity index (χ0v) is 18.8. The van der Waals surface area contributed by atoms with Gasteiger partial charge in [0.25, 0.3) is 0 Å². The van der Waals surface area contributed by atoms with E-state index in [0.29, 0.717) is 0 Å². The lowest BCUT2D eigenvalue weighted by Gasteiger charge is -2.30. The molecule has 4 atom stereocenters. The van der Waals surface area contributed by atoms with Gasteiger partial charge in [-0.1, -0.05) is 33.4 Å². The zero-order chi connectivity index (χ0) is 75.2. The predicted molar refractivity (Wildman–Crippen MR) is 155 cm³/mol. The van der Waals surface area contributed by atoms with Gasteiger partial charge in [-0.3, -0.25) is 9.59 Å². The Kier molecular flexibility index (Phi) is 2.48. The molecule has 1 aromatic rings. The maximum atomic E-state index is 15.2. The van der Waals surface area contributed by atoms with Gasteiger partial charge in [0.05, 0.1) is 47.0 Å². The van der Waals surface area contributed by atoms with E-state index < -0.39 is 205 Å². The molecular weight excluding hydrogens is 498 g/mol. The van der Waals surface area contributed by atoms with Crippen molar-refractivity contribution in [3.63, 3.8) is 0 Å². The van der Waals surface area contributed by atoms with Crippen molar-refractivity contribution in [2.24, 2.45) is 40.4 Å². The highest BCUT2D eigenvalue weighted by Crippen LogP contribution is 2.32. The number of aliphatic hydroxyl groups is 1. The topological polar surface area (TPSA) is 146 Å². The van der Waals surface area contributed by atoms with Crippen molar-refractivity contribution in [3.05, 3.63) is 23.7 Å². The van der Waals surface area contributed by atoms with E-state index in [0.717, 1.165) is 0 Å². The highest BCUT2D eigenvalue weighted by molar-refractivity contribution is 5.83. The first kappa shape index (κ1) is 5.79. The SMILES string of the molecule is [2H]O[C@@]([2H])(C([2H])([2H])[C@]([2H])(C(=O)N([2H])C([2H])([2H])C(C(=O)N([2H])[2H])(C([2H])([2H])[2H])C([2H])([2H])[2H])C([2H])(C([2H])([2H])[2H])C([2H])([2H])[2H])[C@@]([2H])(N([2H])[2H])C([2H])([2H])[C@]([2H])(C([2H])([2H])c1c([2H])c([2H])c(OC([2H])([2H])[2H])c(OC([2H])([2H])C([2H])([2H])C([2H])([2H])OC([2H])([2H])[2H])c1[2H])C([2H])(C([2H])([2H])[2H])C([2H])([2H])[2H]. The highest BCUT2D eigenvalue weighted by Gasteiger charge is 2.32. The minimum Gasteiger partial charge on any atom is -0.493 e. The van der Waals surface area contributed by atoms with Crippen molar-refractivity contribution >= 4 is 11.8 Å². The largest absolute Gasteiger partial charge is 0.493 e. The third-order valence-corrected chi connectivity index (χ3v) is 3.46. The smallest absolute Gasteiger partial charge is 0.224 e. The number of ether oxygens (including phenoxy) is 3. The summed E-state index contributed by atoms with van der Waals surface area (Å²) in [6.45, 7) is -46.9. The number of carbonyl (C=O) groups excluding carboxylic acids is 2. The van der Waals surface area contributed by atoms with Crippen molar-refractivity contribution in [2.45, 2.75) is 78.7 Å². The number of methoxy groups -OCH3 is 2. The molecule has 1 rings (SSSR count). The summed E-state index contributed by atoms with van der Waals surface area (Å²) < 4.78 is 457. The fourth-order valence-electron chi connectivity index (χ4n) is 1.80. The van der Waals surface area contributed by atoms with E-state index in [4.69, 9.17) is 62.6 Å². The van der Waals surface area contributed by atoms with Gasteiger partial charge in [-0.25, -0.2) is 0 Å². The molecule has 0 aliphatic rings. The fourth-order valence-corrected chi connectivity index (χ4v) is 1.80. The van der Waals surface area contributed by atoms with Crippen LogP contribution in [-0.4, -0.2) is 64.1 Å². The monoisotopic (exact) mass is 605 g/mol. The standard InChI is InChI=1S/C30H53N3O6/c1-19(2)22(14-21-10-11-26(38-8)27(15-21)39-13-9-12-37-7)16-24(31)25(34)17-23(20(3)4)28(35)33-18-30(5,6)29(32)36/h10-11,15,19-20,22-25,34H,9,12-14,16-18,31H2,1-8H3,(H2,32,36)(H,33,35)/t22-,23-,24-,25-/m0/s1/i1D3,2D3,3D3,4D3,5D3,6D3,7D3,8D3,9D2,10D,11D,12D2,13D2,14D2,15D,16D2,17D2,18D2,19D,20D,22D,23D,24D,25D,34D/hD5. The second kappa shape index (κ2) is 16.7. The first-order valence-electron chi connectivity index (χ1n) is 35.4. The first-order valence-corrected chi connectivity index (χ1v) is 9.23. The quantitative estimate of drug-likeness (QED) is 0.168. The number of amides is 2. The summed E-state index contributed by atoms with van der Waals surface area (Å²) in [5.74, 6) is -36.7. The van der Waals surface area contributed by atoms with Crippen molar-refractivity contribution < 1.29 is 100 Å². The predicted octanol–water partition coefficient (Wildman–Crippen LogP) is 3.29. The molecular formula is C30H53N3O6. The number of benzene rings is 1. The van der Waals surface area contributed by atoms with Crippen LogP contribution in [0.25, 0.3) is 0 Å². The zero-order valence-electron chi connectivity index (χ0n) is 71.8. The van der Waals surface area contributed by atoms with Gasteiger partial charge in [0.2, 0.25) is 13.2 Å². The molecule has 0 aliphatic heterocycles. The number of nitrogens with one attached hydrogen (secondary N) is 1. The highest BCUT2D eigenvalue weighted by atomic mass is 16.5. The van der Waals surface area contributed by atoms with Gasteiger partial charge in [0.1, 0.15) is 2.82 Å². The van der Waals surface area contributed by atoms with Crippen LogP contribution in [0.5, 0.6) is 11.5 Å². The van der Waals surface area contributed by atoms with Crippen LogP contribution >= 0.6 is 0 Å². The number of carbonyl (C=O) groups is 2. The van der Waals surface area contributed by atoms with Crippen LogP contribution in [0.15, 0.2) is 18.1 Å². The molecule has 0 saturated heterocycles. The summed E-state index contributed by atoms with van der Waals surface area (Å²) in [7, 11) is -8.20. The summed E-state index contributed by atoms with van der Waals surface area (Å²) in [6, 6.07) is -13.8. The second-order valence-corrected chi connectivity index (χ2v) is 6.18. The van der Waals surface area contributed by atoms with Crippen LogP contribution in [0.4, 0.5) is 0 Å². The van der Waals surface area contributed by atoms with E-state index in [1.165, 1.54) is 0 Å². The number of hydrogen-bond donors (Lipinski definition) is 4. The molecule has 0 heterocycles. The number of primary amides is 1. The molecule has 6 N–H and O–H groups in total. The minimum absolute atomic E-state index is 1.56. The van der Waals surface area contributed by atoms with Gasteiger partial charge >= 0.3 is 0 Å². The van der Waals surface area contributed by atoms with E-state index in [1.807, 2.05) is 0 Å². The lowest BCUT2D eigenvalue weighted by atomic mass is 9.80. The Morgan fingerprint density at radius 3 is 2.74 bits per heavy atom. The normalized spacial score (nSPS) is 43.9. The van der Waals surface area contributed by atoms with Gasteiger partial charge in [0, 0.05) is 80.9 Å². The molecule has 39 heavy (non-hydrogen) atoms. The van der Waals surface area contributed by atoms with Crippen molar-refractivity contribution in [2.75, 3.05) is 33.7 Å². The van der Waals surface area contributed by atoms with Gasteiger partial charge in [-0.2, -0.15) is 0 Å². The molecule has 0 fully saturated rings. The van der Waals surface area contributed by atoms with E-state index >= 15 is 4.79 Å². The molecule has 9 nitrogen and oxygen atoms in total. The van der Waals surface area contributed by atoms with E-state index in [-0.39, 0.29) is 0 Å². The maximum Gasteiger partial charge on any atom is 0.224 e. The van der Waals surface area contributed by atoms with Gasteiger partial charge in [-0.05, 0) is 68.2 Å². The minimum atomic E-state index is -6.47. The fraction of sp³-hybridized carbons (Fsp3) is 0.733. The summed E-state index contributed by atoms with van der Waals surface area (Å²) in [6.07, 6.45) is -30.0. The molecule has 0 aromatic heterocycles. The molecule has 0 radical (unpaired) electrons. The molecule has 0 saturated carbocycles. The average molecular weight is 605 g/mol. The second-order valence-electron chi connectivity index (χ2n) is 6.18. The molecule has 0 aliphatic carbocycles. The summed E-state index contributed by atoms with van der Waals surface area (Å²) in [5, 5.41) is 1.70. The molecule has 0 unspecified atom stereocenters. The molecule has 9 heteroatoms. The lowest BCUT2D eigenvalue weighted by Crippen LogP contribution is -2.46. The van der Waals surface area contributed by atoms with Crippen LogP contribution in [0.3, 0.4) is 0 Å². The van der Waals surface area contributed by atoms with Crippen molar-refractivity contribution in [1.82, 2.24) is 5.31 Å². The summed E-state index contributed by atoms with van der Waals surface area (Å²) in [4.78, 5) is 28.7. The van der Waals surface area contributed by atoms with E-state index in [9.17, 15) is 19.9 Å². The van der Waals surface area contributed by atoms with Crippen LogP contribution in [0, 0.1) is 29.0 Å². The molecule has 2 amide bonds. The van der Waals surface area contributed by atoms with Crippen molar-refractivity contribution in [1.29, 1.82) is 1.43 Å². The Balaban J connectivity index is 5.70. The van der Waals surface area contributed by atoms with Crippen LogP contribution in [-0.2, 0) is 20.7 Å². The molecule has 0 spiro atoms. The number of hydrogen-bond acceptors (Lipinski definition) is 7. The molecule has 224 valence electrons. The van der Waals surface area contributed by atoms with Crippen LogP contribution in [0.1, 0.15) is 130 Å².